The van der Waals surface area contributed by atoms with E-state index < -0.39 is 0 Å². The monoisotopic (exact) mass is 365 g/mol. The molecule has 7 heteroatoms. The molecule has 6 nitrogen and oxygen atoms in total. The van der Waals surface area contributed by atoms with Crippen molar-refractivity contribution in [3.63, 3.8) is 0 Å². The summed E-state index contributed by atoms with van der Waals surface area (Å²) in [6.07, 6.45) is 3.16. The van der Waals surface area contributed by atoms with Crippen molar-refractivity contribution in [3.05, 3.63) is 59.7 Å². The van der Waals surface area contributed by atoms with Crippen molar-refractivity contribution in [2.24, 2.45) is 0 Å². The number of hydrogen-bond acceptors (Lipinski definition) is 6. The lowest BCUT2D eigenvalue weighted by Crippen LogP contribution is -2.07. The Hall–Kier alpha value is -3.19. The number of aryl methyl sites for hydroxylation is 1. The van der Waals surface area contributed by atoms with Crippen LogP contribution in [0.5, 0.6) is 11.5 Å². The summed E-state index contributed by atoms with van der Waals surface area (Å²) in [6.45, 7) is 2.26. The maximum atomic E-state index is 12.1. The van der Waals surface area contributed by atoms with Gasteiger partial charge in [-0.1, -0.05) is 47.2 Å². The number of aromatic nitrogens is 2. The van der Waals surface area contributed by atoms with E-state index in [1.807, 2.05) is 49.4 Å². The summed E-state index contributed by atoms with van der Waals surface area (Å²) < 4.78 is 10.6. The molecule has 26 heavy (non-hydrogen) atoms. The molecule has 0 atom stereocenters. The lowest BCUT2D eigenvalue weighted by Gasteiger charge is -1.98. The molecule has 3 aromatic rings. The molecular weight excluding hydrogens is 350 g/mol. The number of nitrogens with zero attached hydrogens (tertiary/aromatic N) is 2. The Balaban J connectivity index is 1.41. The number of nitrogens with one attached hydrogen (secondary N) is 1. The minimum absolute atomic E-state index is 0.226. The van der Waals surface area contributed by atoms with Crippen molar-refractivity contribution in [2.45, 2.75) is 6.92 Å². The largest absolute Gasteiger partial charge is 0.454 e. The van der Waals surface area contributed by atoms with Crippen molar-refractivity contribution >= 4 is 28.5 Å². The predicted molar refractivity (Wildman–Crippen MR) is 100 cm³/mol. The van der Waals surface area contributed by atoms with Crippen LogP contribution in [0.4, 0.5) is 5.13 Å². The summed E-state index contributed by atoms with van der Waals surface area (Å²) in [5.74, 6) is 1.12. The Kier molecular flexibility index (Phi) is 4.37. The van der Waals surface area contributed by atoms with Gasteiger partial charge < -0.3 is 9.47 Å². The molecule has 1 aliphatic heterocycles. The first-order valence-corrected chi connectivity index (χ1v) is 8.78. The van der Waals surface area contributed by atoms with Gasteiger partial charge in [-0.05, 0) is 30.7 Å². The lowest BCUT2D eigenvalue weighted by molar-refractivity contribution is -0.111. The van der Waals surface area contributed by atoms with Crippen LogP contribution in [0.1, 0.15) is 11.1 Å². The number of anilines is 1. The number of ether oxygens (including phenoxy) is 2. The highest BCUT2D eigenvalue weighted by Crippen LogP contribution is 2.32. The first-order valence-electron chi connectivity index (χ1n) is 7.97. The number of carbonyl (C=O) groups excluding carboxylic acids is 1. The molecule has 0 unspecified atom stereocenters. The molecule has 0 spiro atoms. The molecule has 130 valence electrons. The fourth-order valence-electron chi connectivity index (χ4n) is 2.42. The van der Waals surface area contributed by atoms with Gasteiger partial charge in [0.1, 0.15) is 5.01 Å². The van der Waals surface area contributed by atoms with Gasteiger partial charge in [-0.3, -0.25) is 10.1 Å². The van der Waals surface area contributed by atoms with Crippen LogP contribution in [0.15, 0.2) is 48.5 Å². The molecule has 1 N–H and O–H groups in total. The van der Waals surface area contributed by atoms with Crippen molar-refractivity contribution < 1.29 is 14.3 Å². The van der Waals surface area contributed by atoms with Crippen LogP contribution in [-0.4, -0.2) is 22.9 Å². The molecular formula is C19H15N3O3S. The van der Waals surface area contributed by atoms with Gasteiger partial charge in [-0.2, -0.15) is 0 Å². The van der Waals surface area contributed by atoms with E-state index in [-0.39, 0.29) is 12.7 Å². The minimum atomic E-state index is -0.269. The summed E-state index contributed by atoms with van der Waals surface area (Å²) in [5.41, 5.74) is 3.01. The van der Waals surface area contributed by atoms with Crippen molar-refractivity contribution in [2.75, 3.05) is 12.1 Å². The molecule has 0 saturated heterocycles. The quantitative estimate of drug-likeness (QED) is 0.710. The highest BCUT2D eigenvalue weighted by Gasteiger charge is 2.12. The van der Waals surface area contributed by atoms with Gasteiger partial charge in [-0.15, -0.1) is 10.2 Å². The van der Waals surface area contributed by atoms with E-state index in [2.05, 4.69) is 15.5 Å². The predicted octanol–water partition coefficient (Wildman–Crippen LogP) is 3.89. The highest BCUT2D eigenvalue weighted by molar-refractivity contribution is 7.18. The average molecular weight is 365 g/mol. The van der Waals surface area contributed by atoms with Crippen molar-refractivity contribution in [1.82, 2.24) is 10.2 Å². The first kappa shape index (κ1) is 16.3. The molecule has 2 heterocycles. The van der Waals surface area contributed by atoms with E-state index in [0.717, 1.165) is 16.1 Å². The number of benzene rings is 2. The van der Waals surface area contributed by atoms with E-state index in [4.69, 9.17) is 9.47 Å². The minimum Gasteiger partial charge on any atom is -0.454 e. The van der Waals surface area contributed by atoms with Crippen LogP contribution in [0.3, 0.4) is 0 Å². The molecule has 0 fully saturated rings. The summed E-state index contributed by atoms with van der Waals surface area (Å²) >= 11 is 1.33. The summed E-state index contributed by atoms with van der Waals surface area (Å²) in [5, 5.41) is 12.1. The van der Waals surface area contributed by atoms with E-state index in [1.54, 1.807) is 6.08 Å². The van der Waals surface area contributed by atoms with Gasteiger partial charge in [0.25, 0.3) is 0 Å². The van der Waals surface area contributed by atoms with E-state index in [9.17, 15) is 4.79 Å². The zero-order valence-corrected chi connectivity index (χ0v) is 14.7. The average Bonchev–Trinajstić information content (AvgIpc) is 3.29. The third-order valence-corrected chi connectivity index (χ3v) is 4.67. The molecule has 1 aromatic heterocycles. The Bertz CT molecular complexity index is 980. The fourth-order valence-corrected chi connectivity index (χ4v) is 3.17. The van der Waals surface area contributed by atoms with E-state index >= 15 is 0 Å². The second kappa shape index (κ2) is 6.97. The van der Waals surface area contributed by atoms with Gasteiger partial charge in [0.05, 0.1) is 0 Å². The van der Waals surface area contributed by atoms with E-state index in [1.165, 1.54) is 23.0 Å². The Morgan fingerprint density at radius 1 is 1.12 bits per heavy atom. The summed E-state index contributed by atoms with van der Waals surface area (Å²) in [6, 6.07) is 13.5. The number of rotatable bonds is 4. The van der Waals surface area contributed by atoms with Crippen LogP contribution in [-0.2, 0) is 4.79 Å². The first-order chi connectivity index (χ1) is 12.7. The molecule has 0 saturated carbocycles. The van der Waals surface area contributed by atoms with Crippen molar-refractivity contribution in [1.29, 1.82) is 0 Å². The van der Waals surface area contributed by atoms with Crippen LogP contribution >= 0.6 is 11.3 Å². The topological polar surface area (TPSA) is 73.3 Å². The van der Waals surface area contributed by atoms with Crippen molar-refractivity contribution in [3.8, 4) is 22.1 Å². The smallest absolute Gasteiger partial charge is 0.250 e. The number of carbonyl (C=O) groups is 1. The maximum absolute atomic E-state index is 12.1. The van der Waals surface area contributed by atoms with Gasteiger partial charge in [0, 0.05) is 11.6 Å². The molecule has 1 amide bonds. The molecule has 1 aliphatic rings. The SMILES string of the molecule is Cc1ccc(-c2nnc(NC(=O)/C=C/c3ccc4c(c3)OCO4)s2)cc1. The summed E-state index contributed by atoms with van der Waals surface area (Å²) in [7, 11) is 0. The second-order valence-corrected chi connectivity index (χ2v) is 6.69. The van der Waals surface area contributed by atoms with E-state index in [0.29, 0.717) is 16.6 Å². The third kappa shape index (κ3) is 3.57. The Labute approximate surface area is 154 Å². The molecule has 0 bridgehead atoms. The molecule has 2 aromatic carbocycles. The standard InChI is InChI=1S/C19H15N3O3S/c1-12-2-6-14(7-3-12)18-21-22-19(26-18)20-17(23)9-5-13-4-8-15-16(10-13)25-11-24-15/h2-10H,11H2,1H3,(H,20,22,23)/b9-5+. The third-order valence-electron chi connectivity index (χ3n) is 3.78. The molecule has 4 rings (SSSR count). The van der Waals surface area contributed by atoms with Crippen LogP contribution in [0, 0.1) is 6.92 Å². The fraction of sp³-hybridized carbons (Fsp3) is 0.105. The number of hydrogen-bond donors (Lipinski definition) is 1. The molecule has 0 aliphatic carbocycles. The normalized spacial score (nSPS) is 12.5. The van der Waals surface area contributed by atoms with Crippen LogP contribution in [0.2, 0.25) is 0 Å². The van der Waals surface area contributed by atoms with Gasteiger partial charge in [0.15, 0.2) is 11.5 Å². The Morgan fingerprint density at radius 3 is 2.77 bits per heavy atom. The lowest BCUT2D eigenvalue weighted by atomic mass is 10.2. The number of fused-ring (bicyclic) bond motifs is 1. The second-order valence-electron chi connectivity index (χ2n) is 5.71. The van der Waals surface area contributed by atoms with Gasteiger partial charge in [-0.25, -0.2) is 0 Å². The van der Waals surface area contributed by atoms with Gasteiger partial charge >= 0.3 is 0 Å². The Morgan fingerprint density at radius 2 is 1.92 bits per heavy atom. The van der Waals surface area contributed by atoms with Gasteiger partial charge in [0.2, 0.25) is 17.8 Å². The number of amides is 1. The zero-order valence-electron chi connectivity index (χ0n) is 13.9. The molecule has 0 radical (unpaired) electrons. The summed E-state index contributed by atoms with van der Waals surface area (Å²) in [4.78, 5) is 12.1. The maximum Gasteiger partial charge on any atom is 0.250 e. The van der Waals surface area contributed by atoms with Crippen LogP contribution in [0.25, 0.3) is 16.6 Å². The highest BCUT2D eigenvalue weighted by atomic mass is 32.1. The zero-order chi connectivity index (χ0) is 17.9. The van der Waals surface area contributed by atoms with Crippen LogP contribution < -0.4 is 14.8 Å².